The summed E-state index contributed by atoms with van der Waals surface area (Å²) in [6.45, 7) is 4.33. The summed E-state index contributed by atoms with van der Waals surface area (Å²) in [5.74, 6) is -0.516. The van der Waals surface area contributed by atoms with E-state index < -0.39 is 19.9 Å². The highest BCUT2D eigenvalue weighted by Crippen LogP contribution is 2.38. The molecule has 0 radical (unpaired) electrons. The Morgan fingerprint density at radius 1 is 0.816 bits per heavy atom. The minimum atomic E-state index is -4.47. The van der Waals surface area contributed by atoms with Crippen molar-refractivity contribution in [3.05, 3.63) is 24.3 Å². The number of esters is 1. The quantitative estimate of drug-likeness (QED) is 0.0399. The fourth-order valence-electron chi connectivity index (χ4n) is 3.57. The highest BCUT2D eigenvalue weighted by atomic mass is 31.2. The van der Waals surface area contributed by atoms with Crippen LogP contribution in [0.1, 0.15) is 97.3 Å². The van der Waals surface area contributed by atoms with Crippen molar-refractivity contribution in [1.29, 1.82) is 0 Å². The topological polar surface area (TPSA) is 94.1 Å². The van der Waals surface area contributed by atoms with Crippen LogP contribution in [0.15, 0.2) is 24.3 Å². The van der Waals surface area contributed by atoms with Crippen molar-refractivity contribution in [2.45, 2.75) is 103 Å². The van der Waals surface area contributed by atoms with E-state index in [0.717, 1.165) is 32.1 Å². The molecule has 0 amide bonds. The summed E-state index contributed by atoms with van der Waals surface area (Å²) >= 11 is 0. The maximum Gasteiger partial charge on any atom is 0.303 e. The van der Waals surface area contributed by atoms with Crippen LogP contribution in [0.25, 0.3) is 0 Å². The number of phosphoric acid groups is 1. The molecule has 0 aromatic rings. The second kappa shape index (κ2) is 23.8. The van der Waals surface area contributed by atoms with Crippen molar-refractivity contribution >= 4 is 13.8 Å². The summed E-state index contributed by atoms with van der Waals surface area (Å²) < 4.78 is 33.0. The van der Waals surface area contributed by atoms with Crippen molar-refractivity contribution in [1.82, 2.24) is 0 Å². The smallest absolute Gasteiger partial charge is 0.303 e. The van der Waals surface area contributed by atoms with Crippen LogP contribution in [0.2, 0.25) is 0 Å². The van der Waals surface area contributed by atoms with E-state index in [2.05, 4.69) is 31.2 Å². The number of quaternary nitrogens is 1. The third-order valence-electron chi connectivity index (χ3n) is 5.81. The summed E-state index contributed by atoms with van der Waals surface area (Å²) in [5, 5.41) is 0. The number of hydrogen-bond acceptors (Lipinski definition) is 7. The fraction of sp³-hybridized carbons (Fsp3) is 0.828. The van der Waals surface area contributed by atoms with Gasteiger partial charge in [-0.3, -0.25) is 9.36 Å². The van der Waals surface area contributed by atoms with Crippen molar-refractivity contribution in [2.75, 3.05) is 54.1 Å². The SMILES string of the molecule is CCCCCC/C=C\C/C=C\CCCCCCCCOCC(COP(=O)([O-])OCC[N+](C)(C)C)OC(C)=O. The third kappa shape index (κ3) is 28.0. The Balaban J connectivity index is 3.79. The molecule has 224 valence electrons. The Morgan fingerprint density at radius 2 is 1.39 bits per heavy atom. The summed E-state index contributed by atoms with van der Waals surface area (Å²) in [6.07, 6.45) is 23.8. The van der Waals surface area contributed by atoms with Crippen LogP contribution >= 0.6 is 7.82 Å². The molecule has 0 rings (SSSR count). The molecule has 0 bridgehead atoms. The number of likely N-dealkylation sites (N-methyl/N-ethyl adjacent to an activating group) is 1. The Bertz CT molecular complexity index is 676. The van der Waals surface area contributed by atoms with Crippen LogP contribution in [-0.2, 0) is 27.9 Å². The van der Waals surface area contributed by atoms with Gasteiger partial charge in [0, 0.05) is 13.5 Å². The zero-order valence-corrected chi connectivity index (χ0v) is 25.8. The lowest BCUT2D eigenvalue weighted by molar-refractivity contribution is -0.870. The van der Waals surface area contributed by atoms with Gasteiger partial charge in [0.05, 0.1) is 34.4 Å². The third-order valence-corrected chi connectivity index (χ3v) is 6.77. The van der Waals surface area contributed by atoms with Gasteiger partial charge in [0.1, 0.15) is 19.3 Å². The molecule has 0 heterocycles. The molecule has 0 saturated heterocycles. The van der Waals surface area contributed by atoms with Crippen LogP contribution < -0.4 is 4.89 Å². The zero-order chi connectivity index (χ0) is 28.5. The first-order valence-electron chi connectivity index (χ1n) is 14.5. The number of ether oxygens (including phenoxy) is 2. The van der Waals surface area contributed by atoms with Crippen molar-refractivity contribution in [2.24, 2.45) is 0 Å². The Hall–Kier alpha value is -1.02. The number of carbonyl (C=O) groups excluding carboxylic acids is 1. The molecular weight excluding hydrogens is 505 g/mol. The van der Waals surface area contributed by atoms with Crippen molar-refractivity contribution in [3.63, 3.8) is 0 Å². The van der Waals surface area contributed by atoms with Gasteiger partial charge in [0.2, 0.25) is 0 Å². The number of nitrogens with zero attached hydrogens (tertiary/aromatic N) is 1. The number of carbonyl (C=O) groups is 1. The second-order valence-electron chi connectivity index (χ2n) is 10.8. The number of phosphoric ester groups is 1. The van der Waals surface area contributed by atoms with E-state index in [1.54, 1.807) is 0 Å². The van der Waals surface area contributed by atoms with Crippen LogP contribution in [-0.4, -0.2) is 70.7 Å². The van der Waals surface area contributed by atoms with Crippen molar-refractivity contribution in [3.8, 4) is 0 Å². The van der Waals surface area contributed by atoms with Crippen LogP contribution in [0.4, 0.5) is 0 Å². The Labute approximate surface area is 233 Å². The van der Waals surface area contributed by atoms with Gasteiger partial charge in [0.25, 0.3) is 7.82 Å². The zero-order valence-electron chi connectivity index (χ0n) is 24.9. The lowest BCUT2D eigenvalue weighted by atomic mass is 10.1. The van der Waals surface area contributed by atoms with E-state index in [9.17, 15) is 14.3 Å². The average Bonchev–Trinajstić information content (AvgIpc) is 2.82. The van der Waals surface area contributed by atoms with E-state index in [0.29, 0.717) is 17.6 Å². The summed E-state index contributed by atoms with van der Waals surface area (Å²) in [5.41, 5.74) is 0. The molecular formula is C29H56NO7P. The van der Waals surface area contributed by atoms with Gasteiger partial charge in [-0.2, -0.15) is 0 Å². The number of rotatable bonds is 26. The standard InChI is InChI=1S/C29H56NO7P/c1-6-7-8-9-10-11-12-13-14-15-16-17-18-19-20-21-22-24-34-26-29(37-28(2)31)27-36-38(32,33)35-25-23-30(3,4)5/h11-12,14-15,29H,6-10,13,16-27H2,1-5H3/b12-11-,15-14-. The van der Waals surface area contributed by atoms with Crippen LogP contribution in [0.5, 0.6) is 0 Å². The molecule has 38 heavy (non-hydrogen) atoms. The highest BCUT2D eigenvalue weighted by Gasteiger charge is 2.19. The Morgan fingerprint density at radius 3 is 1.97 bits per heavy atom. The summed E-state index contributed by atoms with van der Waals surface area (Å²) in [7, 11) is 1.33. The monoisotopic (exact) mass is 561 g/mol. The lowest BCUT2D eigenvalue weighted by Crippen LogP contribution is -2.37. The first-order valence-corrected chi connectivity index (χ1v) is 16.0. The van der Waals surface area contributed by atoms with Gasteiger partial charge >= 0.3 is 5.97 Å². The predicted molar refractivity (Wildman–Crippen MR) is 153 cm³/mol. The molecule has 0 saturated carbocycles. The number of unbranched alkanes of at least 4 members (excludes halogenated alkanes) is 10. The first kappa shape index (κ1) is 37.0. The normalized spacial score (nSPS) is 14.8. The first-order chi connectivity index (χ1) is 18.1. The van der Waals surface area contributed by atoms with Gasteiger partial charge in [-0.1, -0.05) is 76.2 Å². The van der Waals surface area contributed by atoms with Gasteiger partial charge < -0.3 is 27.9 Å². The number of allylic oxidation sites excluding steroid dienone is 4. The molecule has 0 aliphatic rings. The molecule has 2 unspecified atom stereocenters. The van der Waals surface area contributed by atoms with E-state index in [4.69, 9.17) is 18.5 Å². The maximum atomic E-state index is 11.9. The predicted octanol–water partition coefficient (Wildman–Crippen LogP) is 6.35. The van der Waals surface area contributed by atoms with Gasteiger partial charge in [-0.25, -0.2) is 0 Å². The molecule has 9 heteroatoms. The minimum Gasteiger partial charge on any atom is -0.756 e. The van der Waals surface area contributed by atoms with E-state index in [1.807, 2.05) is 21.1 Å². The fourth-order valence-corrected chi connectivity index (χ4v) is 4.30. The van der Waals surface area contributed by atoms with Gasteiger partial charge in [-0.05, 0) is 38.5 Å². The number of hydrogen-bond donors (Lipinski definition) is 0. The average molecular weight is 562 g/mol. The van der Waals surface area contributed by atoms with Crippen LogP contribution in [0.3, 0.4) is 0 Å². The molecule has 0 aromatic carbocycles. The summed E-state index contributed by atoms with van der Waals surface area (Å²) in [4.78, 5) is 23.3. The molecule has 0 aliphatic carbocycles. The second-order valence-corrected chi connectivity index (χ2v) is 12.2. The molecule has 8 nitrogen and oxygen atoms in total. The molecule has 0 N–H and O–H groups in total. The van der Waals surface area contributed by atoms with Gasteiger partial charge in [0.15, 0.2) is 0 Å². The lowest BCUT2D eigenvalue weighted by Gasteiger charge is -2.28. The van der Waals surface area contributed by atoms with E-state index in [1.165, 1.54) is 58.3 Å². The summed E-state index contributed by atoms with van der Waals surface area (Å²) in [6, 6.07) is 0. The molecule has 0 fully saturated rings. The van der Waals surface area contributed by atoms with E-state index >= 15 is 0 Å². The van der Waals surface area contributed by atoms with Crippen molar-refractivity contribution < 1.29 is 37.3 Å². The van der Waals surface area contributed by atoms with Gasteiger partial charge in [-0.15, -0.1) is 0 Å². The largest absolute Gasteiger partial charge is 0.756 e. The maximum absolute atomic E-state index is 11.9. The minimum absolute atomic E-state index is 0.0205. The van der Waals surface area contributed by atoms with E-state index in [-0.39, 0.29) is 19.8 Å². The Kier molecular flexibility index (Phi) is 23.2. The molecule has 2 atom stereocenters. The molecule has 0 aromatic heterocycles. The van der Waals surface area contributed by atoms with Crippen LogP contribution in [0, 0.1) is 0 Å². The molecule has 0 aliphatic heterocycles. The molecule has 0 spiro atoms. The highest BCUT2D eigenvalue weighted by molar-refractivity contribution is 7.45.